The van der Waals surface area contributed by atoms with E-state index in [1.54, 1.807) is 31.2 Å². The number of amides is 1. The van der Waals surface area contributed by atoms with Gasteiger partial charge >= 0.3 is 5.97 Å². The number of nitrogens with zero attached hydrogens (tertiary/aromatic N) is 2. The molecule has 1 amide bonds. The lowest BCUT2D eigenvalue weighted by Crippen LogP contribution is -2.28. The Bertz CT molecular complexity index is 1370. The maximum Gasteiger partial charge on any atom is 0.307 e. The van der Waals surface area contributed by atoms with E-state index in [0.717, 1.165) is 11.8 Å². The Morgan fingerprint density at radius 3 is 2.64 bits per heavy atom. The molecule has 3 aromatic rings. The number of primary sulfonamides is 1. The fraction of sp³-hybridized carbons (Fsp3) is 0.238. The van der Waals surface area contributed by atoms with E-state index in [1.165, 1.54) is 35.9 Å². The Morgan fingerprint density at radius 2 is 1.94 bits per heavy atom. The summed E-state index contributed by atoms with van der Waals surface area (Å²) in [5, 5.41) is 7.72. The quantitative estimate of drug-likeness (QED) is 0.275. The Balaban J connectivity index is 1.87. The Morgan fingerprint density at radius 1 is 1.21 bits per heavy atom. The van der Waals surface area contributed by atoms with Crippen molar-refractivity contribution in [1.29, 1.82) is 0 Å². The number of methoxy groups -OCH3 is 1. The van der Waals surface area contributed by atoms with Crippen molar-refractivity contribution in [3.05, 3.63) is 58.9 Å². The normalized spacial score (nSPS) is 12.3. The first kappa shape index (κ1) is 24.4. The van der Waals surface area contributed by atoms with Crippen molar-refractivity contribution >= 4 is 50.3 Å². The minimum Gasteiger partial charge on any atom is -0.469 e. The van der Waals surface area contributed by atoms with Gasteiger partial charge in [0, 0.05) is 12.2 Å². The lowest BCUT2D eigenvalue weighted by atomic mass is 10.2. The zero-order valence-corrected chi connectivity index (χ0v) is 19.5. The second kappa shape index (κ2) is 10.1. The molecule has 3 rings (SSSR count). The average molecular weight is 491 g/mol. The molecule has 0 aliphatic heterocycles. The van der Waals surface area contributed by atoms with Gasteiger partial charge in [-0.2, -0.15) is 0 Å². The Hall–Kier alpha value is -3.22. The highest BCUT2D eigenvalue weighted by atomic mass is 32.2. The molecule has 0 fully saturated rings. The third-order valence-corrected chi connectivity index (χ3v) is 6.68. The molecular weight excluding hydrogens is 468 g/mol. The molecule has 33 heavy (non-hydrogen) atoms. The van der Waals surface area contributed by atoms with Crippen LogP contribution in [0, 0.1) is 0 Å². The van der Waals surface area contributed by atoms with Crippen LogP contribution in [0.4, 0.5) is 5.69 Å². The van der Waals surface area contributed by atoms with Crippen LogP contribution >= 0.6 is 11.8 Å². The van der Waals surface area contributed by atoms with E-state index in [2.05, 4.69) is 15.0 Å². The minimum atomic E-state index is -3.92. The molecule has 2 aromatic carbocycles. The molecule has 10 nitrogen and oxygen atoms in total. The number of carbonyl (C=O) groups excluding carboxylic acids is 2. The van der Waals surface area contributed by atoms with Crippen molar-refractivity contribution in [2.45, 2.75) is 35.2 Å². The molecule has 174 valence electrons. The van der Waals surface area contributed by atoms with Crippen LogP contribution in [0.5, 0.6) is 0 Å². The summed E-state index contributed by atoms with van der Waals surface area (Å²) in [6.07, 6.45) is -0.0368. The predicted molar refractivity (Wildman–Crippen MR) is 124 cm³/mol. The van der Waals surface area contributed by atoms with E-state index < -0.39 is 27.1 Å². The molecule has 0 saturated carbocycles. The van der Waals surface area contributed by atoms with Crippen LogP contribution in [0.15, 0.2) is 63.4 Å². The Labute approximate surface area is 194 Å². The first-order valence-corrected chi connectivity index (χ1v) is 12.2. The van der Waals surface area contributed by atoms with Crippen molar-refractivity contribution in [3.63, 3.8) is 0 Å². The molecular formula is C21H22N4O6S2. The summed E-state index contributed by atoms with van der Waals surface area (Å²) in [5.41, 5.74) is 0.391. The molecule has 1 unspecified atom stereocenters. The summed E-state index contributed by atoms with van der Waals surface area (Å²) < 4.78 is 29.1. The molecule has 1 heterocycles. The smallest absolute Gasteiger partial charge is 0.307 e. The topological polar surface area (TPSA) is 150 Å². The monoisotopic (exact) mass is 490 g/mol. The van der Waals surface area contributed by atoms with Gasteiger partial charge in [-0.3, -0.25) is 19.0 Å². The molecule has 0 spiro atoms. The summed E-state index contributed by atoms with van der Waals surface area (Å²) in [6.45, 7) is 1.66. The third kappa shape index (κ3) is 5.97. The van der Waals surface area contributed by atoms with Crippen LogP contribution in [-0.2, 0) is 30.9 Å². The van der Waals surface area contributed by atoms with Crippen molar-refractivity contribution in [2.75, 3.05) is 12.4 Å². The number of nitrogens with one attached hydrogen (secondary N) is 1. The molecule has 0 aliphatic carbocycles. The Kier molecular flexibility index (Phi) is 7.51. The number of fused-ring (bicyclic) bond motifs is 1. The van der Waals surface area contributed by atoms with Gasteiger partial charge in [-0.1, -0.05) is 30.0 Å². The highest BCUT2D eigenvalue weighted by molar-refractivity contribution is 8.00. The second-order valence-electron chi connectivity index (χ2n) is 7.02. The van der Waals surface area contributed by atoms with E-state index >= 15 is 0 Å². The second-order valence-corrected chi connectivity index (χ2v) is 9.89. The lowest BCUT2D eigenvalue weighted by molar-refractivity contribution is -0.140. The highest BCUT2D eigenvalue weighted by Crippen LogP contribution is 2.24. The van der Waals surface area contributed by atoms with E-state index in [9.17, 15) is 22.8 Å². The number of sulfonamides is 1. The first-order chi connectivity index (χ1) is 15.6. The molecule has 1 aromatic heterocycles. The summed E-state index contributed by atoms with van der Waals surface area (Å²) in [5.74, 6) is -0.917. The number of anilines is 1. The predicted octanol–water partition coefficient (Wildman–Crippen LogP) is 1.73. The van der Waals surface area contributed by atoms with Crippen LogP contribution < -0.4 is 16.0 Å². The number of esters is 1. The number of rotatable bonds is 8. The van der Waals surface area contributed by atoms with Crippen molar-refractivity contribution in [3.8, 4) is 0 Å². The minimum absolute atomic E-state index is 0.0368. The molecule has 0 bridgehead atoms. The van der Waals surface area contributed by atoms with E-state index in [1.807, 2.05) is 0 Å². The first-order valence-electron chi connectivity index (χ1n) is 9.77. The standard InChI is InChI=1S/C21H22N4O6S2/c1-13(19(27)23-14-6-5-7-15(12-14)33(22,29)30)32-21-24-17-9-4-3-8-16(17)20(28)25(21)11-10-18(26)31-2/h3-9,12-13H,10-11H2,1-2H3,(H,23,27)(H2,22,29,30). The number of carbonyl (C=O) groups is 2. The van der Waals surface area contributed by atoms with Gasteiger partial charge in [-0.25, -0.2) is 18.5 Å². The summed E-state index contributed by atoms with van der Waals surface area (Å²) in [6, 6.07) is 12.4. The lowest BCUT2D eigenvalue weighted by Gasteiger charge is -2.16. The van der Waals surface area contributed by atoms with Gasteiger partial charge in [-0.15, -0.1) is 0 Å². The molecule has 12 heteroatoms. The summed E-state index contributed by atoms with van der Waals surface area (Å²) in [7, 11) is -2.66. The van der Waals surface area contributed by atoms with Crippen LogP contribution in [0.25, 0.3) is 10.9 Å². The number of hydrogen-bond acceptors (Lipinski definition) is 8. The summed E-state index contributed by atoms with van der Waals surface area (Å²) >= 11 is 1.04. The van der Waals surface area contributed by atoms with Crippen molar-refractivity contribution in [1.82, 2.24) is 9.55 Å². The van der Waals surface area contributed by atoms with E-state index in [-0.39, 0.29) is 34.3 Å². The van der Waals surface area contributed by atoms with Gasteiger partial charge in [0.05, 0.1) is 34.6 Å². The molecule has 0 radical (unpaired) electrons. The fourth-order valence-corrected chi connectivity index (χ4v) is 4.44. The maximum absolute atomic E-state index is 13.0. The zero-order valence-electron chi connectivity index (χ0n) is 17.8. The van der Waals surface area contributed by atoms with Gasteiger partial charge in [-0.05, 0) is 37.3 Å². The number of thioether (sulfide) groups is 1. The SMILES string of the molecule is COC(=O)CCn1c(SC(C)C(=O)Nc2cccc(S(N)(=O)=O)c2)nc2ccccc2c1=O. The zero-order chi connectivity index (χ0) is 24.2. The van der Waals surface area contributed by atoms with Gasteiger partial charge in [0.15, 0.2) is 5.16 Å². The third-order valence-electron chi connectivity index (χ3n) is 4.68. The molecule has 1 atom stereocenters. The number of aromatic nitrogens is 2. The number of nitrogens with two attached hydrogens (primary N) is 1. The average Bonchev–Trinajstić information content (AvgIpc) is 2.78. The van der Waals surface area contributed by atoms with Gasteiger partial charge < -0.3 is 10.1 Å². The number of ether oxygens (including phenoxy) is 1. The van der Waals surface area contributed by atoms with Crippen molar-refractivity contribution < 1.29 is 22.7 Å². The van der Waals surface area contributed by atoms with Crippen molar-refractivity contribution in [2.24, 2.45) is 5.14 Å². The molecule has 3 N–H and O–H groups in total. The number of para-hydroxylation sites is 1. The molecule has 0 saturated heterocycles. The van der Waals surface area contributed by atoms with Crippen LogP contribution in [0.1, 0.15) is 13.3 Å². The largest absolute Gasteiger partial charge is 0.469 e. The van der Waals surface area contributed by atoms with E-state index in [0.29, 0.717) is 10.9 Å². The van der Waals surface area contributed by atoms with Gasteiger partial charge in [0.25, 0.3) is 5.56 Å². The van der Waals surface area contributed by atoms with Crippen LogP contribution in [0.3, 0.4) is 0 Å². The van der Waals surface area contributed by atoms with E-state index in [4.69, 9.17) is 5.14 Å². The molecule has 0 aliphatic rings. The van der Waals surface area contributed by atoms with Crippen LogP contribution in [-0.4, -0.2) is 42.2 Å². The highest BCUT2D eigenvalue weighted by Gasteiger charge is 2.20. The van der Waals surface area contributed by atoms with Gasteiger partial charge in [0.1, 0.15) is 0 Å². The fourth-order valence-electron chi connectivity index (χ4n) is 2.95. The van der Waals surface area contributed by atoms with Crippen LogP contribution in [0.2, 0.25) is 0 Å². The summed E-state index contributed by atoms with van der Waals surface area (Å²) in [4.78, 5) is 41.8. The number of benzene rings is 2. The maximum atomic E-state index is 13.0. The van der Waals surface area contributed by atoms with Gasteiger partial charge in [0.2, 0.25) is 15.9 Å². The number of hydrogen-bond donors (Lipinski definition) is 2.